The minimum atomic E-state index is -0.557. The number of piperazine rings is 1. The second kappa shape index (κ2) is 6.54. The van der Waals surface area contributed by atoms with Crippen molar-refractivity contribution in [3.05, 3.63) is 21.7 Å². The van der Waals surface area contributed by atoms with Crippen LogP contribution in [0.25, 0.3) is 0 Å². The van der Waals surface area contributed by atoms with Crippen molar-refractivity contribution in [2.45, 2.75) is 52.2 Å². The van der Waals surface area contributed by atoms with E-state index in [9.17, 15) is 14.9 Å². The van der Waals surface area contributed by atoms with Crippen LogP contribution in [-0.2, 0) is 11.2 Å². The highest BCUT2D eigenvalue weighted by Crippen LogP contribution is 2.39. The van der Waals surface area contributed by atoms with Crippen molar-refractivity contribution < 1.29 is 19.2 Å². The molecule has 1 amide bonds. The third kappa shape index (κ3) is 4.23. The van der Waals surface area contributed by atoms with Gasteiger partial charge < -0.3 is 19.3 Å². The maximum Gasteiger partial charge on any atom is 0.410 e. The standard InChI is InChI=1S/C18H26N4O5/c1-17(2,3)27-16(23)21-8-6-20(7-9-21)14-13(22(24)25)10-12-11-18(4,5)26-15(12)19-14/h10H,6-9,11H2,1-5H3. The maximum absolute atomic E-state index is 12.2. The Morgan fingerprint density at radius 2 is 1.93 bits per heavy atom. The molecule has 3 heterocycles. The Hall–Kier alpha value is -2.58. The van der Waals surface area contributed by atoms with E-state index in [0.29, 0.717) is 44.3 Å². The fraction of sp³-hybridized carbons (Fsp3) is 0.667. The first-order valence-corrected chi connectivity index (χ1v) is 9.05. The highest BCUT2D eigenvalue weighted by atomic mass is 16.6. The molecule has 0 N–H and O–H groups in total. The summed E-state index contributed by atoms with van der Waals surface area (Å²) in [4.78, 5) is 31.2. The van der Waals surface area contributed by atoms with E-state index in [1.165, 1.54) is 0 Å². The van der Waals surface area contributed by atoms with E-state index in [-0.39, 0.29) is 11.8 Å². The van der Waals surface area contributed by atoms with Gasteiger partial charge in [0.05, 0.1) is 4.92 Å². The van der Waals surface area contributed by atoms with Gasteiger partial charge in [-0.05, 0) is 34.6 Å². The van der Waals surface area contributed by atoms with Crippen LogP contribution in [0.3, 0.4) is 0 Å². The number of hydrogen-bond donors (Lipinski definition) is 0. The lowest BCUT2D eigenvalue weighted by molar-refractivity contribution is -0.384. The zero-order chi connectivity index (χ0) is 20.0. The average molecular weight is 378 g/mol. The van der Waals surface area contributed by atoms with Crippen LogP contribution >= 0.6 is 0 Å². The number of nitro groups is 1. The summed E-state index contributed by atoms with van der Waals surface area (Å²) in [7, 11) is 0. The van der Waals surface area contributed by atoms with Crippen molar-refractivity contribution in [3.63, 3.8) is 0 Å². The Morgan fingerprint density at radius 1 is 1.30 bits per heavy atom. The van der Waals surface area contributed by atoms with E-state index in [1.54, 1.807) is 11.0 Å². The van der Waals surface area contributed by atoms with Gasteiger partial charge in [0.2, 0.25) is 11.7 Å². The summed E-state index contributed by atoms with van der Waals surface area (Å²) < 4.78 is 11.2. The molecule has 9 heteroatoms. The lowest BCUT2D eigenvalue weighted by Crippen LogP contribution is -2.50. The molecule has 0 spiro atoms. The second-order valence-electron chi connectivity index (χ2n) is 8.55. The highest BCUT2D eigenvalue weighted by molar-refractivity contribution is 5.69. The SMILES string of the molecule is CC(C)(C)OC(=O)N1CCN(c2nc3c(cc2[N+](=O)[O-])CC(C)(C)O3)CC1. The third-order valence-corrected chi connectivity index (χ3v) is 4.44. The Morgan fingerprint density at radius 3 is 2.48 bits per heavy atom. The second-order valence-corrected chi connectivity index (χ2v) is 8.55. The Labute approximate surface area is 158 Å². The van der Waals surface area contributed by atoms with E-state index in [2.05, 4.69) is 4.98 Å². The van der Waals surface area contributed by atoms with Gasteiger partial charge in [0, 0.05) is 44.2 Å². The minimum absolute atomic E-state index is 0.0271. The molecular weight excluding hydrogens is 352 g/mol. The summed E-state index contributed by atoms with van der Waals surface area (Å²) in [5.74, 6) is 0.746. The number of amides is 1. The van der Waals surface area contributed by atoms with Gasteiger partial charge in [-0.15, -0.1) is 0 Å². The fourth-order valence-electron chi connectivity index (χ4n) is 3.28. The number of carbonyl (C=O) groups excluding carboxylic acids is 1. The number of carbonyl (C=O) groups is 1. The largest absolute Gasteiger partial charge is 0.471 e. The molecule has 2 aliphatic heterocycles. The zero-order valence-electron chi connectivity index (χ0n) is 16.4. The summed E-state index contributed by atoms with van der Waals surface area (Å²) in [5, 5.41) is 11.6. The first-order valence-electron chi connectivity index (χ1n) is 9.05. The van der Waals surface area contributed by atoms with E-state index in [4.69, 9.17) is 9.47 Å². The first kappa shape index (κ1) is 19.2. The van der Waals surface area contributed by atoms with Crippen LogP contribution in [-0.4, -0.2) is 58.3 Å². The molecule has 0 atom stereocenters. The molecule has 148 valence electrons. The molecule has 0 saturated carbocycles. The van der Waals surface area contributed by atoms with Crippen molar-refractivity contribution in [3.8, 4) is 5.88 Å². The van der Waals surface area contributed by atoms with Gasteiger partial charge in [-0.1, -0.05) is 0 Å². The summed E-state index contributed by atoms with van der Waals surface area (Å²) in [5.41, 5.74) is -0.251. The lowest BCUT2D eigenvalue weighted by atomic mass is 10.0. The van der Waals surface area contributed by atoms with Crippen molar-refractivity contribution in [2.75, 3.05) is 31.1 Å². The first-order chi connectivity index (χ1) is 12.5. The van der Waals surface area contributed by atoms with E-state index in [1.807, 2.05) is 39.5 Å². The molecule has 9 nitrogen and oxygen atoms in total. The molecule has 0 aliphatic carbocycles. The molecule has 2 aliphatic rings. The van der Waals surface area contributed by atoms with Gasteiger partial charge >= 0.3 is 11.8 Å². The monoisotopic (exact) mass is 378 g/mol. The predicted octanol–water partition coefficient (Wildman–Crippen LogP) is 2.76. The van der Waals surface area contributed by atoms with Crippen LogP contribution in [0.15, 0.2) is 6.07 Å². The molecule has 1 aromatic rings. The average Bonchev–Trinajstić information content (AvgIpc) is 2.85. The van der Waals surface area contributed by atoms with Gasteiger partial charge in [-0.3, -0.25) is 10.1 Å². The van der Waals surface area contributed by atoms with Gasteiger partial charge in [-0.2, -0.15) is 4.98 Å². The van der Waals surface area contributed by atoms with Crippen LogP contribution in [0.2, 0.25) is 0 Å². The number of pyridine rings is 1. The van der Waals surface area contributed by atoms with Crippen LogP contribution in [0.1, 0.15) is 40.2 Å². The summed E-state index contributed by atoms with van der Waals surface area (Å²) in [6.07, 6.45) is 0.215. The maximum atomic E-state index is 12.2. The quantitative estimate of drug-likeness (QED) is 0.576. The number of ether oxygens (including phenoxy) is 2. The zero-order valence-corrected chi connectivity index (χ0v) is 16.4. The highest BCUT2D eigenvalue weighted by Gasteiger charge is 2.36. The molecule has 0 unspecified atom stereocenters. The van der Waals surface area contributed by atoms with Gasteiger partial charge in [0.1, 0.15) is 11.2 Å². The fourth-order valence-corrected chi connectivity index (χ4v) is 3.28. The Kier molecular flexibility index (Phi) is 4.65. The molecular formula is C18H26N4O5. The number of aromatic nitrogens is 1. The number of hydrogen-bond acceptors (Lipinski definition) is 7. The van der Waals surface area contributed by atoms with Crippen LogP contribution in [0.5, 0.6) is 5.88 Å². The van der Waals surface area contributed by atoms with Crippen LogP contribution in [0, 0.1) is 10.1 Å². The van der Waals surface area contributed by atoms with E-state index >= 15 is 0 Å². The predicted molar refractivity (Wildman–Crippen MR) is 99.3 cm³/mol. The molecule has 0 aromatic carbocycles. The van der Waals surface area contributed by atoms with Crippen molar-refractivity contribution in [2.24, 2.45) is 0 Å². The lowest BCUT2D eigenvalue weighted by Gasteiger charge is -2.35. The molecule has 27 heavy (non-hydrogen) atoms. The van der Waals surface area contributed by atoms with Gasteiger partial charge in [0.25, 0.3) is 0 Å². The Balaban J connectivity index is 1.77. The number of anilines is 1. The van der Waals surface area contributed by atoms with Crippen LogP contribution in [0.4, 0.5) is 16.3 Å². The summed E-state index contributed by atoms with van der Waals surface area (Å²) in [6, 6.07) is 1.56. The topological polar surface area (TPSA) is 98.0 Å². The van der Waals surface area contributed by atoms with Crippen molar-refractivity contribution in [1.29, 1.82) is 0 Å². The van der Waals surface area contributed by atoms with Gasteiger partial charge in [-0.25, -0.2) is 4.79 Å². The summed E-state index contributed by atoms with van der Waals surface area (Å²) >= 11 is 0. The number of rotatable bonds is 2. The van der Waals surface area contributed by atoms with Crippen LogP contribution < -0.4 is 9.64 Å². The number of fused-ring (bicyclic) bond motifs is 1. The minimum Gasteiger partial charge on any atom is -0.471 e. The third-order valence-electron chi connectivity index (χ3n) is 4.44. The summed E-state index contributed by atoms with van der Waals surface area (Å²) in [6.45, 7) is 11.0. The molecule has 0 radical (unpaired) electrons. The molecule has 1 fully saturated rings. The number of nitrogens with zero attached hydrogens (tertiary/aromatic N) is 4. The molecule has 1 aromatic heterocycles. The van der Waals surface area contributed by atoms with Gasteiger partial charge in [0.15, 0.2) is 0 Å². The van der Waals surface area contributed by atoms with E-state index < -0.39 is 16.1 Å². The van der Waals surface area contributed by atoms with Crippen molar-refractivity contribution in [1.82, 2.24) is 9.88 Å². The smallest absolute Gasteiger partial charge is 0.410 e. The molecule has 3 rings (SSSR count). The van der Waals surface area contributed by atoms with Crippen molar-refractivity contribution >= 4 is 17.6 Å². The van der Waals surface area contributed by atoms with E-state index in [0.717, 1.165) is 5.56 Å². The Bertz CT molecular complexity index is 764. The normalized spacial score (nSPS) is 18.7. The molecule has 1 saturated heterocycles. The molecule has 0 bridgehead atoms.